The number of para-hydroxylation sites is 1. The summed E-state index contributed by atoms with van der Waals surface area (Å²) in [6.45, 7) is 4.95. The summed E-state index contributed by atoms with van der Waals surface area (Å²) in [6, 6.07) is 5.80. The second-order valence-electron chi connectivity index (χ2n) is 5.76. The number of hydrogen-bond acceptors (Lipinski definition) is 3. The highest BCUT2D eigenvalue weighted by atomic mass is 19.1. The Labute approximate surface area is 117 Å². The van der Waals surface area contributed by atoms with E-state index in [0.29, 0.717) is 11.6 Å². The van der Waals surface area contributed by atoms with Gasteiger partial charge in [0.25, 0.3) is 0 Å². The van der Waals surface area contributed by atoms with Gasteiger partial charge in [0.05, 0.1) is 12.1 Å². The van der Waals surface area contributed by atoms with Crippen LogP contribution in [0, 0.1) is 5.82 Å². The first kappa shape index (κ1) is 12.3. The molecule has 4 nitrogen and oxygen atoms in total. The van der Waals surface area contributed by atoms with Gasteiger partial charge in [-0.15, -0.1) is 0 Å². The molecule has 0 bridgehead atoms. The van der Waals surface area contributed by atoms with Crippen LogP contribution in [0.4, 0.5) is 4.39 Å². The normalized spacial score (nSPS) is 20.6. The molecule has 0 atom stereocenters. The number of halogens is 1. The Kier molecular flexibility index (Phi) is 2.97. The van der Waals surface area contributed by atoms with Crippen molar-refractivity contribution in [3.63, 3.8) is 0 Å². The highest BCUT2D eigenvalue weighted by Crippen LogP contribution is 2.39. The first-order chi connectivity index (χ1) is 9.83. The fraction of sp³-hybridized carbons (Fsp3) is 0.533. The Hall–Kier alpha value is -1.46. The van der Waals surface area contributed by atoms with Crippen LogP contribution in [0.1, 0.15) is 24.7 Å². The molecule has 5 heteroatoms. The molecule has 1 aromatic carbocycles. The highest BCUT2D eigenvalue weighted by molar-refractivity contribution is 5.77. The van der Waals surface area contributed by atoms with Crippen LogP contribution >= 0.6 is 0 Å². The van der Waals surface area contributed by atoms with Crippen LogP contribution in [0.15, 0.2) is 18.2 Å². The maximum atomic E-state index is 13.9. The van der Waals surface area contributed by atoms with E-state index in [2.05, 4.69) is 19.8 Å². The van der Waals surface area contributed by atoms with Crippen LogP contribution in [0.25, 0.3) is 11.0 Å². The molecule has 2 heterocycles. The second-order valence-corrected chi connectivity index (χ2v) is 5.76. The quantitative estimate of drug-likeness (QED) is 0.928. The highest BCUT2D eigenvalue weighted by Gasteiger charge is 2.29. The molecule has 0 amide bonds. The predicted molar refractivity (Wildman–Crippen MR) is 76.1 cm³/mol. The number of fused-ring (bicyclic) bond motifs is 1. The zero-order chi connectivity index (χ0) is 13.5. The average Bonchev–Trinajstić information content (AvgIpc) is 3.23. The third-order valence-corrected chi connectivity index (χ3v) is 4.23. The molecular formula is C15H19FN4. The zero-order valence-corrected chi connectivity index (χ0v) is 11.5. The molecule has 2 fully saturated rings. The summed E-state index contributed by atoms with van der Waals surface area (Å²) in [5.41, 5.74) is 1.49. The van der Waals surface area contributed by atoms with Crippen LogP contribution in [-0.4, -0.2) is 40.6 Å². The van der Waals surface area contributed by atoms with E-state index in [4.69, 9.17) is 0 Å². The van der Waals surface area contributed by atoms with E-state index in [-0.39, 0.29) is 5.82 Å². The first-order valence-electron chi connectivity index (χ1n) is 7.41. The third kappa shape index (κ3) is 2.11. The van der Waals surface area contributed by atoms with Crippen molar-refractivity contribution in [1.82, 2.24) is 19.8 Å². The summed E-state index contributed by atoms with van der Waals surface area (Å²) >= 11 is 0. The lowest BCUT2D eigenvalue weighted by atomic mass is 10.3. The SMILES string of the molecule is Fc1cccc2c1nc(CN1CCNCC1)n2C1CC1. The van der Waals surface area contributed by atoms with Gasteiger partial charge in [0, 0.05) is 32.2 Å². The number of nitrogens with one attached hydrogen (secondary N) is 1. The van der Waals surface area contributed by atoms with Crippen LogP contribution in [0.2, 0.25) is 0 Å². The van der Waals surface area contributed by atoms with E-state index < -0.39 is 0 Å². The number of rotatable bonds is 3. The fourth-order valence-electron chi connectivity index (χ4n) is 3.05. The van der Waals surface area contributed by atoms with Crippen molar-refractivity contribution in [3.8, 4) is 0 Å². The molecule has 1 aliphatic carbocycles. The largest absolute Gasteiger partial charge is 0.324 e. The molecule has 4 rings (SSSR count). The third-order valence-electron chi connectivity index (χ3n) is 4.23. The van der Waals surface area contributed by atoms with Crippen molar-refractivity contribution < 1.29 is 4.39 Å². The molecule has 2 aliphatic rings. The van der Waals surface area contributed by atoms with Crippen molar-refractivity contribution in [2.45, 2.75) is 25.4 Å². The summed E-state index contributed by atoms with van der Waals surface area (Å²) in [5, 5.41) is 3.36. The van der Waals surface area contributed by atoms with Gasteiger partial charge >= 0.3 is 0 Å². The molecule has 0 radical (unpaired) electrons. The van der Waals surface area contributed by atoms with E-state index in [1.54, 1.807) is 6.07 Å². The second kappa shape index (κ2) is 4.82. The maximum absolute atomic E-state index is 13.9. The molecule has 0 unspecified atom stereocenters. The number of aromatic nitrogens is 2. The monoisotopic (exact) mass is 274 g/mol. The van der Waals surface area contributed by atoms with E-state index >= 15 is 0 Å². The van der Waals surface area contributed by atoms with Gasteiger partial charge in [-0.2, -0.15) is 0 Å². The van der Waals surface area contributed by atoms with Gasteiger partial charge < -0.3 is 9.88 Å². The zero-order valence-electron chi connectivity index (χ0n) is 11.5. The van der Waals surface area contributed by atoms with Crippen molar-refractivity contribution in [3.05, 3.63) is 29.8 Å². The predicted octanol–water partition coefficient (Wildman–Crippen LogP) is 1.92. The van der Waals surface area contributed by atoms with Crippen molar-refractivity contribution in [2.75, 3.05) is 26.2 Å². The van der Waals surface area contributed by atoms with Gasteiger partial charge in [-0.05, 0) is 25.0 Å². The van der Waals surface area contributed by atoms with E-state index in [1.807, 2.05) is 6.07 Å². The van der Waals surface area contributed by atoms with E-state index in [9.17, 15) is 4.39 Å². The van der Waals surface area contributed by atoms with Crippen LogP contribution in [-0.2, 0) is 6.54 Å². The van der Waals surface area contributed by atoms with Crippen molar-refractivity contribution in [2.24, 2.45) is 0 Å². The lowest BCUT2D eigenvalue weighted by Gasteiger charge is -2.27. The Morgan fingerprint density at radius 2 is 2.05 bits per heavy atom. The lowest BCUT2D eigenvalue weighted by molar-refractivity contribution is 0.225. The van der Waals surface area contributed by atoms with Gasteiger partial charge in [-0.1, -0.05) is 6.07 Å². The van der Waals surface area contributed by atoms with E-state index in [1.165, 1.54) is 18.9 Å². The van der Waals surface area contributed by atoms with Gasteiger partial charge in [-0.3, -0.25) is 4.90 Å². The maximum Gasteiger partial charge on any atom is 0.151 e. The van der Waals surface area contributed by atoms with Crippen molar-refractivity contribution in [1.29, 1.82) is 0 Å². The number of piperazine rings is 1. The lowest BCUT2D eigenvalue weighted by Crippen LogP contribution is -2.43. The summed E-state index contributed by atoms with van der Waals surface area (Å²) in [6.07, 6.45) is 2.38. The molecule has 0 spiro atoms. The van der Waals surface area contributed by atoms with E-state index in [0.717, 1.165) is 44.1 Å². The number of nitrogens with zero attached hydrogens (tertiary/aromatic N) is 3. The molecular weight excluding hydrogens is 255 g/mol. The standard InChI is InChI=1S/C15H19FN4/c16-12-2-1-3-13-15(12)18-14(20(13)11-4-5-11)10-19-8-6-17-7-9-19/h1-3,11,17H,4-10H2. The van der Waals surface area contributed by atoms with Gasteiger partial charge in [0.2, 0.25) is 0 Å². The molecule has 1 N–H and O–H groups in total. The average molecular weight is 274 g/mol. The van der Waals surface area contributed by atoms with Crippen LogP contribution in [0.5, 0.6) is 0 Å². The molecule has 1 aliphatic heterocycles. The Morgan fingerprint density at radius 1 is 1.25 bits per heavy atom. The molecule has 106 valence electrons. The summed E-state index contributed by atoms with van der Waals surface area (Å²) in [7, 11) is 0. The van der Waals surface area contributed by atoms with Gasteiger partial charge in [0.15, 0.2) is 5.82 Å². The van der Waals surface area contributed by atoms with Crippen LogP contribution < -0.4 is 5.32 Å². The van der Waals surface area contributed by atoms with Crippen molar-refractivity contribution >= 4 is 11.0 Å². The molecule has 20 heavy (non-hydrogen) atoms. The fourth-order valence-corrected chi connectivity index (χ4v) is 3.05. The number of benzene rings is 1. The Balaban J connectivity index is 1.73. The molecule has 2 aromatic rings. The minimum Gasteiger partial charge on any atom is -0.324 e. The number of imidazole rings is 1. The summed E-state index contributed by atoms with van der Waals surface area (Å²) in [4.78, 5) is 6.99. The first-order valence-corrected chi connectivity index (χ1v) is 7.41. The minimum absolute atomic E-state index is 0.205. The molecule has 1 aromatic heterocycles. The smallest absolute Gasteiger partial charge is 0.151 e. The minimum atomic E-state index is -0.205. The van der Waals surface area contributed by atoms with Crippen LogP contribution in [0.3, 0.4) is 0 Å². The van der Waals surface area contributed by atoms with Gasteiger partial charge in [-0.25, -0.2) is 9.37 Å². The number of hydrogen-bond donors (Lipinski definition) is 1. The van der Waals surface area contributed by atoms with Gasteiger partial charge in [0.1, 0.15) is 11.3 Å². The topological polar surface area (TPSA) is 33.1 Å². The molecule has 1 saturated carbocycles. The Bertz CT molecular complexity index is 626. The Morgan fingerprint density at radius 3 is 2.80 bits per heavy atom. The molecule has 1 saturated heterocycles. The summed E-state index contributed by atoms with van der Waals surface area (Å²) in [5.74, 6) is 0.818. The summed E-state index contributed by atoms with van der Waals surface area (Å²) < 4.78 is 16.2.